The van der Waals surface area contributed by atoms with Crippen LogP contribution in [0.15, 0.2) is 71.3 Å². The lowest BCUT2D eigenvalue weighted by Crippen LogP contribution is -2.08. The molecule has 11 heteroatoms. The van der Waals surface area contributed by atoms with Gasteiger partial charge in [-0.2, -0.15) is 5.10 Å². The van der Waals surface area contributed by atoms with Crippen LogP contribution in [-0.2, 0) is 0 Å². The van der Waals surface area contributed by atoms with Crippen molar-refractivity contribution in [3.63, 3.8) is 0 Å². The molecule has 3 N–H and O–H groups in total. The number of anilines is 1. The largest absolute Gasteiger partial charge is 0.486 e. The summed E-state index contributed by atoms with van der Waals surface area (Å²) in [6, 6.07) is 16.0. The number of carbonyl (C=O) groups is 1. The number of benzene rings is 3. The first-order valence-electron chi connectivity index (χ1n) is 11.4. The first-order valence-corrected chi connectivity index (χ1v) is 12.2. The summed E-state index contributed by atoms with van der Waals surface area (Å²) in [5.41, 5.74) is 8.70. The molecule has 0 bridgehead atoms. The molecule has 5 rings (SSSR count). The molecule has 0 aliphatic rings. The van der Waals surface area contributed by atoms with Crippen molar-refractivity contribution in [3.05, 3.63) is 94.0 Å². The maximum Gasteiger partial charge on any atom is 0.272 e. The van der Waals surface area contributed by atoms with Gasteiger partial charge in [-0.1, -0.05) is 12.1 Å². The molecule has 0 saturated carbocycles. The molecular formula is C27H20BrF3N4O3. The van der Waals surface area contributed by atoms with Crippen LogP contribution in [0.3, 0.4) is 0 Å². The Hall–Kier alpha value is -4.25. The van der Waals surface area contributed by atoms with Gasteiger partial charge in [-0.3, -0.25) is 4.79 Å². The molecule has 38 heavy (non-hydrogen) atoms. The Balaban J connectivity index is 1.40. The summed E-state index contributed by atoms with van der Waals surface area (Å²) in [6.45, 7) is 1.07. The monoisotopic (exact) mass is 584 g/mol. The average Bonchev–Trinajstić information content (AvgIpc) is 3.46. The van der Waals surface area contributed by atoms with Gasteiger partial charge in [0.15, 0.2) is 11.6 Å². The van der Waals surface area contributed by atoms with Crippen LogP contribution in [0, 0.1) is 12.7 Å². The third-order valence-electron chi connectivity index (χ3n) is 5.79. The van der Waals surface area contributed by atoms with E-state index in [-0.39, 0.29) is 28.6 Å². The van der Waals surface area contributed by atoms with Crippen molar-refractivity contribution in [2.75, 3.05) is 12.3 Å². The molecule has 0 spiro atoms. The van der Waals surface area contributed by atoms with Crippen LogP contribution in [0.2, 0.25) is 0 Å². The summed E-state index contributed by atoms with van der Waals surface area (Å²) >= 11 is 3.30. The van der Waals surface area contributed by atoms with Crippen molar-refractivity contribution in [1.29, 1.82) is 0 Å². The zero-order chi connectivity index (χ0) is 27.0. The predicted molar refractivity (Wildman–Crippen MR) is 140 cm³/mol. The third kappa shape index (κ3) is 4.97. The number of carbonyl (C=O) groups excluding carboxylic acids is 1. The van der Waals surface area contributed by atoms with Gasteiger partial charge in [0.1, 0.15) is 23.9 Å². The van der Waals surface area contributed by atoms with Crippen LogP contribution in [0.5, 0.6) is 17.2 Å². The number of ketones is 1. The fourth-order valence-corrected chi connectivity index (χ4v) is 4.43. The topological polar surface area (TPSA) is 95.2 Å². The number of aryl methyl sites for hydroxylation is 1. The molecule has 194 valence electrons. The number of aromatic amines is 1. The SMILES string of the molecule is Cc1cc(Oc2ccccc2F)ccc1-n1ncc(C(=O)c2cc3cc(OCC(F)F)c(Br)cc3[nH]2)c1N. The Morgan fingerprint density at radius 3 is 2.66 bits per heavy atom. The number of nitrogens with one attached hydrogen (secondary N) is 1. The highest BCUT2D eigenvalue weighted by Gasteiger charge is 2.21. The second-order valence-corrected chi connectivity index (χ2v) is 9.27. The van der Waals surface area contributed by atoms with Gasteiger partial charge in [-0.15, -0.1) is 0 Å². The van der Waals surface area contributed by atoms with E-state index in [9.17, 15) is 18.0 Å². The zero-order valence-electron chi connectivity index (χ0n) is 19.8. The Bertz CT molecular complexity index is 1670. The molecule has 2 heterocycles. The van der Waals surface area contributed by atoms with Crippen molar-refractivity contribution < 1.29 is 27.4 Å². The minimum atomic E-state index is -2.61. The number of hydrogen-bond acceptors (Lipinski definition) is 5. The lowest BCUT2D eigenvalue weighted by atomic mass is 10.1. The number of rotatable bonds is 8. The predicted octanol–water partition coefficient (Wildman–Crippen LogP) is 6.81. The quantitative estimate of drug-likeness (QED) is 0.195. The number of fused-ring (bicyclic) bond motifs is 1. The van der Waals surface area contributed by atoms with Gasteiger partial charge in [0.25, 0.3) is 6.43 Å². The van der Waals surface area contributed by atoms with Crippen molar-refractivity contribution in [2.24, 2.45) is 0 Å². The molecule has 0 fully saturated rings. The summed E-state index contributed by atoms with van der Waals surface area (Å²) in [7, 11) is 0. The molecule has 0 aliphatic heterocycles. The minimum Gasteiger partial charge on any atom is -0.486 e. The van der Waals surface area contributed by atoms with Crippen molar-refractivity contribution >= 4 is 38.4 Å². The average molecular weight is 585 g/mol. The number of alkyl halides is 2. The van der Waals surface area contributed by atoms with Crippen LogP contribution >= 0.6 is 15.9 Å². The Morgan fingerprint density at radius 1 is 1.13 bits per heavy atom. The van der Waals surface area contributed by atoms with Gasteiger partial charge in [-0.05, 0) is 76.9 Å². The number of aromatic nitrogens is 3. The highest BCUT2D eigenvalue weighted by atomic mass is 79.9. The number of halogens is 4. The van der Waals surface area contributed by atoms with Gasteiger partial charge >= 0.3 is 0 Å². The van der Waals surface area contributed by atoms with Crippen LogP contribution in [-0.4, -0.2) is 33.6 Å². The highest BCUT2D eigenvalue weighted by Crippen LogP contribution is 2.33. The second kappa shape index (κ2) is 10.3. The molecule has 3 aromatic carbocycles. The molecule has 2 aromatic heterocycles. The van der Waals surface area contributed by atoms with Crippen LogP contribution in [0.1, 0.15) is 21.6 Å². The Kier molecular flexibility index (Phi) is 6.85. The maximum atomic E-state index is 13.9. The lowest BCUT2D eigenvalue weighted by Gasteiger charge is -2.12. The lowest BCUT2D eigenvalue weighted by molar-refractivity contribution is 0.0816. The summed E-state index contributed by atoms with van der Waals surface area (Å²) in [5.74, 6) is 0.0228. The second-order valence-electron chi connectivity index (χ2n) is 8.42. The fourth-order valence-electron chi connectivity index (χ4n) is 3.97. The van der Waals surface area contributed by atoms with E-state index in [1.54, 1.807) is 48.5 Å². The number of nitrogens with two attached hydrogens (primary N) is 1. The molecule has 7 nitrogen and oxygen atoms in total. The molecule has 0 aliphatic carbocycles. The van der Waals surface area contributed by atoms with Crippen LogP contribution in [0.25, 0.3) is 16.6 Å². The van der Waals surface area contributed by atoms with E-state index >= 15 is 0 Å². The van der Waals surface area contributed by atoms with E-state index < -0.39 is 24.6 Å². The molecule has 0 amide bonds. The number of ether oxygens (including phenoxy) is 2. The smallest absolute Gasteiger partial charge is 0.272 e. The zero-order valence-corrected chi connectivity index (χ0v) is 21.4. The summed E-state index contributed by atoms with van der Waals surface area (Å²) < 4.78 is 51.7. The minimum absolute atomic E-state index is 0.101. The summed E-state index contributed by atoms with van der Waals surface area (Å²) in [6.07, 6.45) is -1.24. The summed E-state index contributed by atoms with van der Waals surface area (Å²) in [5, 5.41) is 4.91. The number of H-pyrrole nitrogens is 1. The number of nitrogens with zero attached hydrogens (tertiary/aromatic N) is 2. The molecule has 0 atom stereocenters. The van der Waals surface area contributed by atoms with Gasteiger partial charge in [-0.25, -0.2) is 17.9 Å². The van der Waals surface area contributed by atoms with E-state index in [1.807, 2.05) is 6.92 Å². The molecule has 0 radical (unpaired) electrons. The van der Waals surface area contributed by atoms with Crippen LogP contribution < -0.4 is 15.2 Å². The normalized spacial score (nSPS) is 11.3. The standard InChI is InChI=1S/C27H20BrF3N4O3/c1-14-8-16(38-23-5-3-2-4-19(23)29)6-7-22(14)35-27(32)17(12-33-35)26(36)21-9-15-10-24(37-13-25(30)31)18(28)11-20(15)34-21/h2-12,25,34H,13,32H2,1H3. The van der Waals surface area contributed by atoms with Gasteiger partial charge < -0.3 is 20.2 Å². The van der Waals surface area contributed by atoms with E-state index in [0.717, 1.165) is 5.56 Å². The third-order valence-corrected chi connectivity index (χ3v) is 6.41. The molecule has 0 unspecified atom stereocenters. The summed E-state index contributed by atoms with van der Waals surface area (Å²) in [4.78, 5) is 16.3. The van der Waals surface area contributed by atoms with E-state index in [0.29, 0.717) is 26.8 Å². The van der Waals surface area contributed by atoms with Gasteiger partial charge in [0, 0.05) is 10.9 Å². The number of para-hydroxylation sites is 1. The fraction of sp³-hybridized carbons (Fsp3) is 0.111. The van der Waals surface area contributed by atoms with Crippen LogP contribution in [0.4, 0.5) is 19.0 Å². The van der Waals surface area contributed by atoms with E-state index in [2.05, 4.69) is 26.0 Å². The van der Waals surface area contributed by atoms with E-state index in [4.69, 9.17) is 15.2 Å². The number of hydrogen-bond donors (Lipinski definition) is 2. The van der Waals surface area contributed by atoms with Crippen molar-refractivity contribution in [1.82, 2.24) is 14.8 Å². The first-order chi connectivity index (χ1) is 18.2. The van der Waals surface area contributed by atoms with Crippen molar-refractivity contribution in [2.45, 2.75) is 13.3 Å². The molecular weight excluding hydrogens is 565 g/mol. The van der Waals surface area contributed by atoms with Gasteiger partial charge in [0.2, 0.25) is 5.78 Å². The Morgan fingerprint density at radius 2 is 1.92 bits per heavy atom. The number of nitrogen functional groups attached to an aromatic ring is 1. The highest BCUT2D eigenvalue weighted by molar-refractivity contribution is 9.10. The molecule has 0 saturated heterocycles. The molecule has 5 aromatic rings. The maximum absolute atomic E-state index is 13.9. The Labute approximate surface area is 223 Å². The van der Waals surface area contributed by atoms with E-state index in [1.165, 1.54) is 23.0 Å². The first kappa shape index (κ1) is 25.4. The van der Waals surface area contributed by atoms with Crippen molar-refractivity contribution in [3.8, 4) is 22.9 Å². The van der Waals surface area contributed by atoms with Gasteiger partial charge in [0.05, 0.1) is 27.6 Å².